The van der Waals surface area contributed by atoms with E-state index in [1.165, 1.54) is 19.3 Å². The molecule has 71 valence electrons. The molecule has 1 aromatic rings. The van der Waals surface area contributed by atoms with Gasteiger partial charge in [0.15, 0.2) is 0 Å². The van der Waals surface area contributed by atoms with E-state index in [4.69, 9.17) is 0 Å². The molecule has 0 amide bonds. The second-order valence-electron chi connectivity index (χ2n) is 2.53. The van der Waals surface area contributed by atoms with Crippen LogP contribution in [0.2, 0.25) is 0 Å². The molecule has 0 atom stereocenters. The summed E-state index contributed by atoms with van der Waals surface area (Å²) >= 11 is 0. The fourth-order valence-electron chi connectivity index (χ4n) is 1.06. The van der Waals surface area contributed by atoms with Crippen molar-refractivity contribution in [1.29, 1.82) is 0 Å². The maximum absolute atomic E-state index is 11.2. The molecule has 14 heavy (non-hydrogen) atoms. The first-order valence-electron chi connectivity index (χ1n) is 4.01. The monoisotopic (exact) mass is 189 g/mol. The number of methoxy groups -OCH3 is 1. The minimum atomic E-state index is -0.420. The fourth-order valence-corrected chi connectivity index (χ4v) is 1.06. The molecule has 0 aliphatic rings. The number of rotatable bonds is 3. The summed E-state index contributed by atoms with van der Waals surface area (Å²) in [5, 5.41) is 0. The molecule has 0 aliphatic heterocycles. The van der Waals surface area contributed by atoms with E-state index in [0.29, 0.717) is 11.1 Å². The first-order valence-corrected chi connectivity index (χ1v) is 4.01. The minimum absolute atomic E-state index is 0.420. The van der Waals surface area contributed by atoms with E-state index in [0.717, 1.165) is 0 Å². The van der Waals surface area contributed by atoms with Crippen molar-refractivity contribution in [2.45, 2.75) is 0 Å². The van der Waals surface area contributed by atoms with E-state index in [2.05, 4.69) is 4.74 Å². The molecular formula is C11H9O3. The van der Waals surface area contributed by atoms with Crippen molar-refractivity contribution in [3.63, 3.8) is 0 Å². The van der Waals surface area contributed by atoms with Gasteiger partial charge in [-0.2, -0.15) is 0 Å². The highest BCUT2D eigenvalue weighted by Crippen LogP contribution is 2.11. The molecule has 0 spiro atoms. The molecule has 0 fully saturated rings. The Labute approximate surface area is 82.0 Å². The Kier molecular flexibility index (Phi) is 3.61. The molecule has 0 heterocycles. The maximum Gasteiger partial charge on any atom is 0.338 e. The quantitative estimate of drug-likeness (QED) is 0.535. The van der Waals surface area contributed by atoms with Crippen LogP contribution in [0.3, 0.4) is 0 Å². The molecular weight excluding hydrogens is 180 g/mol. The second-order valence-corrected chi connectivity index (χ2v) is 2.53. The zero-order chi connectivity index (χ0) is 10.4. The van der Waals surface area contributed by atoms with E-state index < -0.39 is 5.97 Å². The minimum Gasteiger partial charge on any atom is -0.465 e. The number of esters is 1. The van der Waals surface area contributed by atoms with Gasteiger partial charge < -0.3 is 4.74 Å². The van der Waals surface area contributed by atoms with Gasteiger partial charge in [0.05, 0.1) is 12.7 Å². The van der Waals surface area contributed by atoms with Crippen LogP contribution in [0, 0.1) is 0 Å². The van der Waals surface area contributed by atoms with E-state index in [1.807, 2.05) is 0 Å². The van der Waals surface area contributed by atoms with Crippen molar-refractivity contribution in [3.05, 3.63) is 41.5 Å². The lowest BCUT2D eigenvalue weighted by Crippen LogP contribution is -2.03. The van der Waals surface area contributed by atoms with Gasteiger partial charge in [-0.1, -0.05) is 24.3 Å². The topological polar surface area (TPSA) is 43.4 Å². The van der Waals surface area contributed by atoms with Crippen molar-refractivity contribution in [1.82, 2.24) is 0 Å². The normalized spacial score (nSPS) is 10.1. The molecule has 0 saturated carbocycles. The molecule has 3 nitrogen and oxygen atoms in total. The predicted molar refractivity (Wildman–Crippen MR) is 52.5 cm³/mol. The van der Waals surface area contributed by atoms with Crippen molar-refractivity contribution < 1.29 is 14.3 Å². The van der Waals surface area contributed by atoms with E-state index >= 15 is 0 Å². The van der Waals surface area contributed by atoms with Crippen LogP contribution in [0.1, 0.15) is 15.9 Å². The van der Waals surface area contributed by atoms with Gasteiger partial charge in [-0.15, -0.1) is 0 Å². The Morgan fingerprint density at radius 2 is 2.14 bits per heavy atom. The predicted octanol–water partition coefficient (Wildman–Crippen LogP) is 1.60. The van der Waals surface area contributed by atoms with Gasteiger partial charge in [0.1, 0.15) is 0 Å². The van der Waals surface area contributed by atoms with Gasteiger partial charge in [0, 0.05) is 0 Å². The molecule has 0 aliphatic carbocycles. The highest BCUT2D eigenvalue weighted by Gasteiger charge is 2.07. The fraction of sp³-hybridized carbons (Fsp3) is 0.0909. The van der Waals surface area contributed by atoms with Crippen LogP contribution in [0.15, 0.2) is 30.3 Å². The number of hydrogen-bond acceptors (Lipinski definition) is 3. The number of benzene rings is 1. The van der Waals surface area contributed by atoms with Gasteiger partial charge in [-0.25, -0.2) is 4.79 Å². The Hall–Kier alpha value is -1.90. The van der Waals surface area contributed by atoms with Crippen molar-refractivity contribution >= 4 is 18.3 Å². The van der Waals surface area contributed by atoms with E-state index in [9.17, 15) is 9.59 Å². The molecule has 0 bridgehead atoms. The lowest BCUT2D eigenvalue weighted by Gasteiger charge is -2.02. The third-order valence-corrected chi connectivity index (χ3v) is 1.70. The molecule has 1 aromatic carbocycles. The lowest BCUT2D eigenvalue weighted by molar-refractivity contribution is 0.0600. The summed E-state index contributed by atoms with van der Waals surface area (Å²) in [5.41, 5.74) is 1.07. The van der Waals surface area contributed by atoms with Crippen molar-refractivity contribution in [2.75, 3.05) is 7.11 Å². The first kappa shape index (κ1) is 10.2. The van der Waals surface area contributed by atoms with Gasteiger partial charge in [0.2, 0.25) is 6.29 Å². The Morgan fingerprint density at radius 3 is 2.79 bits per heavy atom. The number of carbonyl (C=O) groups excluding carboxylic acids is 2. The van der Waals surface area contributed by atoms with Crippen LogP contribution < -0.4 is 0 Å². The van der Waals surface area contributed by atoms with Gasteiger partial charge >= 0.3 is 5.97 Å². The summed E-state index contributed by atoms with van der Waals surface area (Å²) in [6.07, 6.45) is 4.34. The van der Waals surface area contributed by atoms with Crippen LogP contribution in [-0.2, 0) is 9.53 Å². The zero-order valence-corrected chi connectivity index (χ0v) is 7.69. The van der Waals surface area contributed by atoms with Crippen molar-refractivity contribution in [3.8, 4) is 0 Å². The molecule has 1 radical (unpaired) electrons. The highest BCUT2D eigenvalue weighted by molar-refractivity contribution is 5.94. The average Bonchev–Trinajstić information content (AvgIpc) is 2.25. The summed E-state index contributed by atoms with van der Waals surface area (Å²) in [4.78, 5) is 21.2. The maximum atomic E-state index is 11.2. The van der Waals surface area contributed by atoms with Crippen LogP contribution in [0.5, 0.6) is 0 Å². The number of hydrogen-bond donors (Lipinski definition) is 0. The largest absolute Gasteiger partial charge is 0.465 e. The van der Waals surface area contributed by atoms with Gasteiger partial charge in [-0.3, -0.25) is 4.79 Å². The van der Waals surface area contributed by atoms with Crippen LogP contribution >= 0.6 is 0 Å². The lowest BCUT2D eigenvalue weighted by atomic mass is 10.1. The summed E-state index contributed by atoms with van der Waals surface area (Å²) < 4.78 is 4.59. The number of allylic oxidation sites excluding steroid dienone is 1. The Balaban J connectivity index is 3.08. The molecule has 0 unspecified atom stereocenters. The third-order valence-electron chi connectivity index (χ3n) is 1.70. The summed E-state index contributed by atoms with van der Waals surface area (Å²) in [6.45, 7) is 0. The highest BCUT2D eigenvalue weighted by atomic mass is 16.5. The van der Waals surface area contributed by atoms with Crippen LogP contribution in [-0.4, -0.2) is 19.4 Å². The summed E-state index contributed by atoms with van der Waals surface area (Å²) in [6, 6.07) is 6.86. The first-order chi connectivity index (χ1) is 6.79. The molecule has 0 N–H and O–H groups in total. The van der Waals surface area contributed by atoms with Gasteiger partial charge in [0.25, 0.3) is 0 Å². The smallest absolute Gasteiger partial charge is 0.338 e. The Bertz CT molecular complexity index is 367. The third kappa shape index (κ3) is 2.29. The average molecular weight is 189 g/mol. The van der Waals surface area contributed by atoms with Crippen LogP contribution in [0.4, 0.5) is 0 Å². The van der Waals surface area contributed by atoms with E-state index in [-0.39, 0.29) is 0 Å². The second kappa shape index (κ2) is 4.97. The molecule has 0 saturated heterocycles. The number of carbonyl (C=O) groups is 1. The SMILES string of the molecule is COC(=O)c1ccccc1/C=C/[C]=O. The summed E-state index contributed by atoms with van der Waals surface area (Å²) in [7, 11) is 1.31. The Morgan fingerprint density at radius 1 is 1.43 bits per heavy atom. The standard InChI is InChI=1S/C11H9O3/c1-14-11(13)10-7-3-2-5-9(10)6-4-8-12/h2-7H,1H3/b6-4+. The van der Waals surface area contributed by atoms with Gasteiger partial charge in [-0.05, 0) is 17.7 Å². The van der Waals surface area contributed by atoms with Crippen molar-refractivity contribution in [2.24, 2.45) is 0 Å². The summed E-state index contributed by atoms with van der Waals surface area (Å²) in [5.74, 6) is -0.420. The molecule has 1 rings (SSSR count). The van der Waals surface area contributed by atoms with E-state index in [1.54, 1.807) is 30.6 Å². The van der Waals surface area contributed by atoms with Crippen LogP contribution in [0.25, 0.3) is 6.08 Å². The number of ether oxygens (including phenoxy) is 1. The zero-order valence-electron chi connectivity index (χ0n) is 7.69. The molecule has 0 aromatic heterocycles. The molecule has 3 heteroatoms.